The topological polar surface area (TPSA) is 26.0 Å². The van der Waals surface area contributed by atoms with Crippen LogP contribution in [0.15, 0.2) is 28.8 Å². The van der Waals surface area contributed by atoms with E-state index in [1.807, 2.05) is 12.1 Å². The van der Waals surface area contributed by atoms with E-state index in [0.717, 1.165) is 29.7 Å². The predicted molar refractivity (Wildman–Crippen MR) is 54.4 cm³/mol. The lowest BCUT2D eigenvalue weighted by Crippen LogP contribution is -2.02. The summed E-state index contributed by atoms with van der Waals surface area (Å²) in [5.41, 5.74) is 4.44. The van der Waals surface area contributed by atoms with Crippen LogP contribution in [0.25, 0.3) is 11.3 Å². The maximum atomic E-state index is 5.90. The first-order chi connectivity index (χ1) is 6.86. The van der Waals surface area contributed by atoms with Gasteiger partial charge in [-0.3, -0.25) is 0 Å². The van der Waals surface area contributed by atoms with Crippen molar-refractivity contribution in [3.05, 3.63) is 40.6 Å². The Labute approximate surface area is 86.5 Å². The molecule has 0 unspecified atom stereocenters. The highest BCUT2D eigenvalue weighted by Crippen LogP contribution is 2.35. The SMILES string of the molecule is Clc1onc2c1CCc1ccccc1-2. The second-order valence-corrected chi connectivity index (χ2v) is 3.78. The van der Waals surface area contributed by atoms with Gasteiger partial charge in [0.2, 0.25) is 5.22 Å². The number of nitrogens with zero attached hydrogens (tertiary/aromatic N) is 1. The van der Waals surface area contributed by atoms with Crippen molar-refractivity contribution in [2.45, 2.75) is 12.8 Å². The van der Waals surface area contributed by atoms with Gasteiger partial charge in [-0.15, -0.1) is 0 Å². The lowest BCUT2D eigenvalue weighted by molar-refractivity contribution is 0.423. The van der Waals surface area contributed by atoms with E-state index in [1.54, 1.807) is 0 Å². The van der Waals surface area contributed by atoms with Crippen LogP contribution in [0, 0.1) is 0 Å². The average Bonchev–Trinajstić information content (AvgIpc) is 2.61. The number of fused-ring (bicyclic) bond motifs is 3. The highest BCUT2D eigenvalue weighted by molar-refractivity contribution is 6.30. The van der Waals surface area contributed by atoms with Crippen LogP contribution < -0.4 is 0 Å². The predicted octanol–water partition coefficient (Wildman–Crippen LogP) is 3.09. The van der Waals surface area contributed by atoms with E-state index >= 15 is 0 Å². The molecule has 14 heavy (non-hydrogen) atoms. The van der Waals surface area contributed by atoms with Crippen molar-refractivity contribution < 1.29 is 4.52 Å². The van der Waals surface area contributed by atoms with E-state index in [4.69, 9.17) is 16.1 Å². The third-order valence-electron chi connectivity index (χ3n) is 2.66. The van der Waals surface area contributed by atoms with Crippen LogP contribution in [-0.4, -0.2) is 5.16 Å². The normalized spacial score (nSPS) is 13.5. The molecule has 1 aliphatic carbocycles. The van der Waals surface area contributed by atoms with E-state index in [9.17, 15) is 0 Å². The summed E-state index contributed by atoms with van der Waals surface area (Å²) >= 11 is 5.90. The molecule has 0 bridgehead atoms. The van der Waals surface area contributed by atoms with Gasteiger partial charge < -0.3 is 4.52 Å². The Balaban J connectivity index is 2.29. The van der Waals surface area contributed by atoms with Gasteiger partial charge in [-0.1, -0.05) is 29.4 Å². The van der Waals surface area contributed by atoms with Crippen LogP contribution in [0.5, 0.6) is 0 Å². The van der Waals surface area contributed by atoms with Gasteiger partial charge in [0.25, 0.3) is 0 Å². The highest BCUT2D eigenvalue weighted by Gasteiger charge is 2.22. The van der Waals surface area contributed by atoms with Crippen molar-refractivity contribution in [3.63, 3.8) is 0 Å². The summed E-state index contributed by atoms with van der Waals surface area (Å²) in [6.45, 7) is 0. The van der Waals surface area contributed by atoms with Gasteiger partial charge in [0.1, 0.15) is 5.69 Å². The number of aromatic nitrogens is 1. The van der Waals surface area contributed by atoms with Crippen LogP contribution >= 0.6 is 11.6 Å². The zero-order valence-corrected chi connectivity index (χ0v) is 8.21. The molecule has 3 heteroatoms. The van der Waals surface area contributed by atoms with Crippen molar-refractivity contribution in [2.75, 3.05) is 0 Å². The number of rotatable bonds is 0. The van der Waals surface area contributed by atoms with Gasteiger partial charge in [-0.2, -0.15) is 0 Å². The maximum absolute atomic E-state index is 5.90. The Morgan fingerprint density at radius 1 is 1.21 bits per heavy atom. The summed E-state index contributed by atoms with van der Waals surface area (Å²) in [6.07, 6.45) is 1.94. The van der Waals surface area contributed by atoms with Crippen molar-refractivity contribution in [1.82, 2.24) is 5.16 Å². The summed E-state index contributed by atoms with van der Waals surface area (Å²) in [4.78, 5) is 0. The van der Waals surface area contributed by atoms with E-state index in [-0.39, 0.29) is 0 Å². The number of aryl methyl sites for hydroxylation is 1. The van der Waals surface area contributed by atoms with Crippen LogP contribution in [0.1, 0.15) is 11.1 Å². The van der Waals surface area contributed by atoms with Crippen LogP contribution in [0.3, 0.4) is 0 Å². The highest BCUT2D eigenvalue weighted by atomic mass is 35.5. The molecule has 3 rings (SSSR count). The summed E-state index contributed by atoms with van der Waals surface area (Å²) in [5.74, 6) is 0. The molecule has 1 heterocycles. The Kier molecular flexibility index (Phi) is 1.64. The van der Waals surface area contributed by atoms with Crippen LogP contribution in [0.4, 0.5) is 0 Å². The fourth-order valence-corrected chi connectivity index (χ4v) is 2.16. The first-order valence-corrected chi connectivity index (χ1v) is 4.96. The first kappa shape index (κ1) is 8.06. The Morgan fingerprint density at radius 3 is 3.00 bits per heavy atom. The molecule has 0 spiro atoms. The molecule has 0 saturated heterocycles. The van der Waals surface area contributed by atoms with Crippen LogP contribution in [0.2, 0.25) is 5.22 Å². The molecule has 0 radical (unpaired) electrons. The largest absolute Gasteiger partial charge is 0.343 e. The number of hydrogen-bond acceptors (Lipinski definition) is 2. The van der Waals surface area contributed by atoms with Crippen molar-refractivity contribution in [3.8, 4) is 11.3 Å². The minimum absolute atomic E-state index is 0.439. The molecular formula is C11H8ClNO. The summed E-state index contributed by atoms with van der Waals surface area (Å²) < 4.78 is 4.99. The molecule has 70 valence electrons. The second-order valence-electron chi connectivity index (χ2n) is 3.44. The molecule has 0 N–H and O–H groups in total. The van der Waals surface area contributed by atoms with Crippen molar-refractivity contribution >= 4 is 11.6 Å². The lowest BCUT2D eigenvalue weighted by atomic mass is 9.91. The second kappa shape index (κ2) is 2.85. The van der Waals surface area contributed by atoms with E-state index in [2.05, 4.69) is 17.3 Å². The molecule has 0 fully saturated rings. The standard InChI is InChI=1S/C11H8ClNO/c12-11-9-6-5-7-3-1-2-4-8(7)10(9)13-14-11/h1-4H,5-6H2. The number of halogens is 1. The van der Waals surface area contributed by atoms with Gasteiger partial charge in [0, 0.05) is 11.1 Å². The quantitative estimate of drug-likeness (QED) is 0.661. The lowest BCUT2D eigenvalue weighted by Gasteiger charge is -2.13. The first-order valence-electron chi connectivity index (χ1n) is 4.58. The molecule has 2 aromatic rings. The zero-order chi connectivity index (χ0) is 9.54. The monoisotopic (exact) mass is 205 g/mol. The zero-order valence-electron chi connectivity index (χ0n) is 7.46. The van der Waals surface area contributed by atoms with E-state index < -0.39 is 0 Å². The van der Waals surface area contributed by atoms with Crippen molar-refractivity contribution in [1.29, 1.82) is 0 Å². The Morgan fingerprint density at radius 2 is 2.07 bits per heavy atom. The Hall–Kier alpha value is -1.28. The molecule has 0 aliphatic heterocycles. The maximum Gasteiger partial charge on any atom is 0.229 e. The minimum atomic E-state index is 0.439. The molecule has 0 amide bonds. The van der Waals surface area contributed by atoms with Gasteiger partial charge in [-0.05, 0) is 30.0 Å². The fraction of sp³-hybridized carbons (Fsp3) is 0.182. The molecule has 2 nitrogen and oxygen atoms in total. The molecule has 1 aromatic carbocycles. The van der Waals surface area contributed by atoms with E-state index in [1.165, 1.54) is 5.56 Å². The third kappa shape index (κ3) is 1.01. The minimum Gasteiger partial charge on any atom is -0.343 e. The number of benzene rings is 1. The molecule has 0 atom stereocenters. The molecule has 0 saturated carbocycles. The van der Waals surface area contributed by atoms with E-state index in [0.29, 0.717) is 5.22 Å². The number of hydrogen-bond donors (Lipinski definition) is 0. The summed E-state index contributed by atoms with van der Waals surface area (Å²) in [6, 6.07) is 8.25. The van der Waals surface area contributed by atoms with Crippen LogP contribution in [-0.2, 0) is 12.8 Å². The van der Waals surface area contributed by atoms with Gasteiger partial charge in [-0.25, -0.2) is 0 Å². The summed E-state index contributed by atoms with van der Waals surface area (Å²) in [7, 11) is 0. The third-order valence-corrected chi connectivity index (χ3v) is 2.95. The average molecular weight is 206 g/mol. The van der Waals surface area contributed by atoms with Crippen molar-refractivity contribution in [2.24, 2.45) is 0 Å². The van der Waals surface area contributed by atoms with Gasteiger partial charge in [0.15, 0.2) is 0 Å². The summed E-state index contributed by atoms with van der Waals surface area (Å²) in [5, 5.41) is 4.43. The van der Waals surface area contributed by atoms with Gasteiger partial charge >= 0.3 is 0 Å². The fourth-order valence-electron chi connectivity index (χ4n) is 1.95. The smallest absolute Gasteiger partial charge is 0.229 e. The molecular weight excluding hydrogens is 198 g/mol. The van der Waals surface area contributed by atoms with Gasteiger partial charge in [0.05, 0.1) is 0 Å². The molecule has 1 aliphatic rings. The molecule has 1 aromatic heterocycles. The Bertz CT molecular complexity index is 490.